The first kappa shape index (κ1) is 19.1. The Balaban J connectivity index is 1.94. The number of hydrogen-bond donors (Lipinski definition) is 2. The number of nitrogens with one attached hydrogen (secondary N) is 2. The van der Waals surface area contributed by atoms with Crippen molar-refractivity contribution in [2.45, 2.75) is 32.0 Å². The van der Waals surface area contributed by atoms with Gasteiger partial charge in [-0.05, 0) is 30.9 Å². The summed E-state index contributed by atoms with van der Waals surface area (Å²) in [5, 5.41) is 4.57. The molecule has 0 aliphatic heterocycles. The minimum atomic E-state index is -4.46. The summed E-state index contributed by atoms with van der Waals surface area (Å²) in [5.74, 6) is -1.06. The summed E-state index contributed by atoms with van der Waals surface area (Å²) in [6.07, 6.45) is -3.62. The van der Waals surface area contributed by atoms with Gasteiger partial charge in [-0.3, -0.25) is 9.59 Å². The highest BCUT2D eigenvalue weighted by Gasteiger charge is 2.40. The molecule has 1 aromatic carbocycles. The summed E-state index contributed by atoms with van der Waals surface area (Å²) in [5.41, 5.74) is 0. The fraction of sp³-hybridized carbons (Fsp3) is 0.529. The molecule has 0 spiro atoms. The molecule has 0 unspecified atom stereocenters. The Bertz CT molecular complexity index is 593. The van der Waals surface area contributed by atoms with Crippen LogP contribution in [-0.2, 0) is 9.59 Å². The van der Waals surface area contributed by atoms with Crippen LogP contribution < -0.4 is 15.4 Å². The molecule has 1 fully saturated rings. The Labute approximate surface area is 143 Å². The summed E-state index contributed by atoms with van der Waals surface area (Å²) in [6.45, 7) is 0.280. The Morgan fingerprint density at radius 2 is 1.88 bits per heavy atom. The van der Waals surface area contributed by atoms with Gasteiger partial charge in [-0.25, -0.2) is 0 Å². The number of rotatable bonds is 6. The summed E-state index contributed by atoms with van der Waals surface area (Å²) < 4.78 is 42.5. The van der Waals surface area contributed by atoms with Gasteiger partial charge in [-0.2, -0.15) is 13.2 Å². The number of hydrogen-bond acceptors (Lipinski definition) is 3. The number of para-hydroxylation sites is 1. The van der Waals surface area contributed by atoms with Gasteiger partial charge in [-0.15, -0.1) is 0 Å². The minimum Gasteiger partial charge on any atom is -0.493 e. The van der Waals surface area contributed by atoms with E-state index in [-0.39, 0.29) is 11.8 Å². The van der Waals surface area contributed by atoms with E-state index in [2.05, 4.69) is 5.32 Å². The quantitative estimate of drug-likeness (QED) is 0.820. The maximum atomic E-state index is 12.3. The fourth-order valence-corrected chi connectivity index (χ4v) is 3.04. The molecule has 138 valence electrons. The van der Waals surface area contributed by atoms with Crippen molar-refractivity contribution < 1.29 is 27.5 Å². The van der Waals surface area contributed by atoms with Gasteiger partial charge in [0.15, 0.2) is 0 Å². The molecule has 25 heavy (non-hydrogen) atoms. The van der Waals surface area contributed by atoms with Gasteiger partial charge in [0.05, 0.1) is 12.5 Å². The summed E-state index contributed by atoms with van der Waals surface area (Å²) in [4.78, 5) is 23.4. The molecular formula is C17H21F3N2O3. The molecule has 0 radical (unpaired) electrons. The predicted octanol–water partition coefficient (Wildman–Crippen LogP) is 2.27. The van der Waals surface area contributed by atoms with E-state index >= 15 is 0 Å². The highest BCUT2D eigenvalue weighted by atomic mass is 19.4. The second-order valence-corrected chi connectivity index (χ2v) is 6.21. The third-order valence-corrected chi connectivity index (χ3v) is 4.08. The molecule has 0 aromatic heterocycles. The Kier molecular flexibility index (Phi) is 6.27. The van der Waals surface area contributed by atoms with Crippen LogP contribution in [0.4, 0.5) is 13.2 Å². The number of ether oxygens (including phenoxy) is 1. The first-order valence-electron chi connectivity index (χ1n) is 8.04. The second kappa shape index (κ2) is 8.22. The largest absolute Gasteiger partial charge is 0.493 e. The lowest BCUT2D eigenvalue weighted by Gasteiger charge is -2.20. The van der Waals surface area contributed by atoms with Gasteiger partial charge in [0, 0.05) is 13.0 Å². The molecule has 0 heterocycles. The molecule has 1 aliphatic carbocycles. The SMILES string of the molecule is CC(=O)N[C@@H]1C[C@H](COc2ccccc2)C[C@H]1C(=O)NCC(F)(F)F. The Hall–Kier alpha value is -2.25. The van der Waals surface area contributed by atoms with Gasteiger partial charge in [-0.1, -0.05) is 18.2 Å². The van der Waals surface area contributed by atoms with E-state index in [0.29, 0.717) is 25.2 Å². The molecule has 2 rings (SSSR count). The number of amides is 2. The van der Waals surface area contributed by atoms with Gasteiger partial charge in [0.25, 0.3) is 0 Å². The molecule has 1 aromatic rings. The number of carbonyl (C=O) groups is 2. The summed E-state index contributed by atoms with van der Waals surface area (Å²) in [6, 6.07) is 8.63. The standard InChI is InChI=1S/C17H21F3N2O3/c1-11(23)22-15-8-12(9-25-13-5-3-2-4-6-13)7-14(15)16(24)21-10-17(18,19)20/h2-6,12,14-15H,7-10H2,1H3,(H,21,24)(H,22,23)/t12-,14-,15-/m1/s1. The van der Waals surface area contributed by atoms with Crippen molar-refractivity contribution in [3.8, 4) is 5.75 Å². The van der Waals surface area contributed by atoms with Crippen molar-refractivity contribution in [1.82, 2.24) is 10.6 Å². The number of halogens is 3. The van der Waals surface area contributed by atoms with Crippen molar-refractivity contribution in [1.29, 1.82) is 0 Å². The van der Waals surface area contributed by atoms with Crippen LogP contribution in [0.5, 0.6) is 5.75 Å². The fourth-order valence-electron chi connectivity index (χ4n) is 3.04. The first-order valence-corrected chi connectivity index (χ1v) is 8.04. The molecule has 5 nitrogen and oxygen atoms in total. The van der Waals surface area contributed by atoms with Gasteiger partial charge >= 0.3 is 6.18 Å². The maximum Gasteiger partial charge on any atom is 0.405 e. The smallest absolute Gasteiger partial charge is 0.405 e. The average molecular weight is 358 g/mol. The van der Waals surface area contributed by atoms with Crippen LogP contribution in [-0.4, -0.2) is 37.2 Å². The third kappa shape index (κ3) is 6.28. The van der Waals surface area contributed by atoms with E-state index in [9.17, 15) is 22.8 Å². The van der Waals surface area contributed by atoms with Crippen LogP contribution in [0.1, 0.15) is 19.8 Å². The average Bonchev–Trinajstić information content (AvgIpc) is 2.93. The highest BCUT2D eigenvalue weighted by Crippen LogP contribution is 2.32. The number of carbonyl (C=O) groups excluding carboxylic acids is 2. The minimum absolute atomic E-state index is 0.0290. The second-order valence-electron chi connectivity index (χ2n) is 6.21. The van der Waals surface area contributed by atoms with Gasteiger partial charge in [0.2, 0.25) is 11.8 Å². The Morgan fingerprint density at radius 3 is 2.48 bits per heavy atom. The van der Waals surface area contributed by atoms with Gasteiger partial charge in [0.1, 0.15) is 12.3 Å². The zero-order valence-corrected chi connectivity index (χ0v) is 13.8. The normalized spacial score (nSPS) is 23.1. The van der Waals surface area contributed by atoms with E-state index < -0.39 is 30.6 Å². The maximum absolute atomic E-state index is 12.3. The molecule has 8 heteroatoms. The van der Waals surface area contributed by atoms with Crippen LogP contribution in [0.3, 0.4) is 0 Å². The van der Waals surface area contributed by atoms with E-state index in [4.69, 9.17) is 4.74 Å². The molecule has 0 saturated heterocycles. The van der Waals surface area contributed by atoms with Crippen molar-refractivity contribution in [2.75, 3.05) is 13.2 Å². The van der Waals surface area contributed by atoms with Crippen LogP contribution in [0.15, 0.2) is 30.3 Å². The summed E-state index contributed by atoms with van der Waals surface area (Å²) >= 11 is 0. The van der Waals surface area contributed by atoms with E-state index in [0.717, 1.165) is 0 Å². The van der Waals surface area contributed by atoms with Crippen LogP contribution in [0.2, 0.25) is 0 Å². The molecule has 2 amide bonds. The topological polar surface area (TPSA) is 67.4 Å². The molecule has 0 bridgehead atoms. The molecule has 1 aliphatic rings. The molecule has 2 N–H and O–H groups in total. The molecule has 3 atom stereocenters. The predicted molar refractivity (Wildman–Crippen MR) is 84.8 cm³/mol. The van der Waals surface area contributed by atoms with Crippen molar-refractivity contribution in [3.63, 3.8) is 0 Å². The van der Waals surface area contributed by atoms with E-state index in [1.54, 1.807) is 12.1 Å². The zero-order valence-electron chi connectivity index (χ0n) is 13.8. The number of benzene rings is 1. The highest BCUT2D eigenvalue weighted by molar-refractivity contribution is 5.81. The van der Waals surface area contributed by atoms with Crippen molar-refractivity contribution in [3.05, 3.63) is 30.3 Å². The van der Waals surface area contributed by atoms with E-state index in [1.807, 2.05) is 23.5 Å². The van der Waals surface area contributed by atoms with Crippen molar-refractivity contribution >= 4 is 11.8 Å². The monoisotopic (exact) mass is 358 g/mol. The lowest BCUT2D eigenvalue weighted by atomic mass is 10.0. The molecular weight excluding hydrogens is 337 g/mol. The van der Waals surface area contributed by atoms with Crippen LogP contribution in [0.25, 0.3) is 0 Å². The van der Waals surface area contributed by atoms with Crippen LogP contribution >= 0.6 is 0 Å². The third-order valence-electron chi connectivity index (χ3n) is 4.08. The van der Waals surface area contributed by atoms with Crippen molar-refractivity contribution in [2.24, 2.45) is 11.8 Å². The number of alkyl halides is 3. The van der Waals surface area contributed by atoms with Gasteiger partial charge < -0.3 is 15.4 Å². The lowest BCUT2D eigenvalue weighted by molar-refractivity contribution is -0.141. The Morgan fingerprint density at radius 1 is 1.20 bits per heavy atom. The zero-order chi connectivity index (χ0) is 18.4. The first-order chi connectivity index (χ1) is 11.7. The molecule has 1 saturated carbocycles. The van der Waals surface area contributed by atoms with Crippen LogP contribution in [0, 0.1) is 11.8 Å². The van der Waals surface area contributed by atoms with E-state index in [1.165, 1.54) is 6.92 Å². The summed E-state index contributed by atoms with van der Waals surface area (Å²) in [7, 11) is 0. The lowest BCUT2D eigenvalue weighted by Crippen LogP contribution is -2.45.